The molecule has 1 aromatic rings. The van der Waals surface area contributed by atoms with Gasteiger partial charge in [-0.05, 0) is 48.8 Å². The maximum absolute atomic E-state index is 10.6. The molecule has 0 bridgehead atoms. The number of likely N-dealkylation sites (N-methyl/N-ethyl adjacent to an activating group) is 1. The van der Waals surface area contributed by atoms with Crippen LogP contribution >= 0.6 is 27.3 Å². The summed E-state index contributed by atoms with van der Waals surface area (Å²) in [5, 5.41) is 12.6. The molecule has 0 aliphatic heterocycles. The van der Waals surface area contributed by atoms with Gasteiger partial charge in [-0.25, -0.2) is 0 Å². The highest BCUT2D eigenvalue weighted by Crippen LogP contribution is 2.35. The van der Waals surface area contributed by atoms with E-state index in [0.717, 1.165) is 30.2 Å². The Morgan fingerprint density at radius 1 is 1.53 bits per heavy atom. The van der Waals surface area contributed by atoms with Gasteiger partial charge in [-0.2, -0.15) is 0 Å². The molecule has 2 unspecified atom stereocenters. The Morgan fingerprint density at radius 2 is 2.16 bits per heavy atom. The number of hydrogen-bond donors (Lipinski definition) is 2. The Balaban J connectivity index is 2.10. The zero-order valence-corrected chi connectivity index (χ0v) is 14.0. The van der Waals surface area contributed by atoms with E-state index in [1.165, 1.54) is 4.88 Å². The molecular weight excluding hydrogens is 324 g/mol. The van der Waals surface area contributed by atoms with Crippen LogP contribution in [-0.4, -0.2) is 35.2 Å². The molecule has 3 N–H and O–H groups in total. The Labute approximate surface area is 127 Å². The van der Waals surface area contributed by atoms with E-state index in [9.17, 15) is 5.11 Å². The van der Waals surface area contributed by atoms with Crippen LogP contribution in [0.2, 0.25) is 0 Å². The van der Waals surface area contributed by atoms with Gasteiger partial charge < -0.3 is 10.8 Å². The summed E-state index contributed by atoms with van der Waals surface area (Å²) in [6.45, 7) is 2.74. The maximum atomic E-state index is 10.6. The molecule has 0 amide bonds. The maximum Gasteiger partial charge on any atom is 0.0774 e. The van der Waals surface area contributed by atoms with Crippen molar-refractivity contribution in [1.82, 2.24) is 4.90 Å². The van der Waals surface area contributed by atoms with E-state index in [1.54, 1.807) is 11.3 Å². The first-order chi connectivity index (χ1) is 8.91. The molecule has 1 aliphatic carbocycles. The minimum atomic E-state index is -0.517. The van der Waals surface area contributed by atoms with Gasteiger partial charge in [-0.1, -0.05) is 12.8 Å². The molecule has 1 saturated carbocycles. The number of nitrogens with two attached hydrogens (primary N) is 1. The smallest absolute Gasteiger partial charge is 0.0774 e. The van der Waals surface area contributed by atoms with E-state index in [2.05, 4.69) is 39.3 Å². The molecule has 0 radical (unpaired) electrons. The number of aliphatic hydroxyl groups is 1. The third-order valence-electron chi connectivity index (χ3n) is 3.93. The lowest BCUT2D eigenvalue weighted by Gasteiger charge is -2.35. The standard InChI is InChI=1S/C14H23BrN2OS/c1-10(16)13(12-7-11(15)8-19-12)17(2)9-14(18)5-3-4-6-14/h7-8,10,13,18H,3-6,9,16H2,1-2H3. The van der Waals surface area contributed by atoms with Gasteiger partial charge in [0, 0.05) is 27.3 Å². The van der Waals surface area contributed by atoms with E-state index in [0.29, 0.717) is 6.54 Å². The fourth-order valence-electron chi connectivity index (χ4n) is 3.11. The highest BCUT2D eigenvalue weighted by Gasteiger charge is 2.35. The third kappa shape index (κ3) is 3.79. The fraction of sp³-hybridized carbons (Fsp3) is 0.714. The van der Waals surface area contributed by atoms with E-state index in [4.69, 9.17) is 5.73 Å². The molecular formula is C14H23BrN2OS. The summed E-state index contributed by atoms with van der Waals surface area (Å²) >= 11 is 5.22. The van der Waals surface area contributed by atoms with Crippen LogP contribution < -0.4 is 5.73 Å². The SMILES string of the molecule is CC(N)C(c1cc(Br)cs1)N(C)CC1(O)CCCC1. The van der Waals surface area contributed by atoms with Crippen molar-refractivity contribution < 1.29 is 5.11 Å². The highest BCUT2D eigenvalue weighted by molar-refractivity contribution is 9.10. The molecule has 1 aliphatic rings. The lowest BCUT2D eigenvalue weighted by atomic mass is 9.99. The highest BCUT2D eigenvalue weighted by atomic mass is 79.9. The Morgan fingerprint density at radius 3 is 2.63 bits per heavy atom. The van der Waals surface area contributed by atoms with Crippen molar-refractivity contribution in [2.75, 3.05) is 13.6 Å². The van der Waals surface area contributed by atoms with Gasteiger partial charge in [0.05, 0.1) is 11.6 Å². The zero-order chi connectivity index (χ0) is 14.0. The monoisotopic (exact) mass is 346 g/mol. The minimum absolute atomic E-state index is 0.0422. The first-order valence-corrected chi connectivity index (χ1v) is 8.51. The van der Waals surface area contributed by atoms with Crippen LogP contribution in [0.3, 0.4) is 0 Å². The second-order valence-electron chi connectivity index (χ2n) is 5.82. The van der Waals surface area contributed by atoms with Crippen molar-refractivity contribution in [3.05, 3.63) is 20.8 Å². The van der Waals surface area contributed by atoms with Gasteiger partial charge in [0.1, 0.15) is 0 Å². The summed E-state index contributed by atoms with van der Waals surface area (Å²) in [6.07, 6.45) is 4.10. The number of halogens is 1. The Hall–Kier alpha value is 0.0600. The Bertz CT molecular complexity index is 415. The van der Waals surface area contributed by atoms with Crippen LogP contribution in [-0.2, 0) is 0 Å². The summed E-state index contributed by atoms with van der Waals surface area (Å²) in [7, 11) is 2.07. The number of rotatable bonds is 5. The van der Waals surface area contributed by atoms with Crippen LogP contribution in [0.1, 0.15) is 43.5 Å². The zero-order valence-electron chi connectivity index (χ0n) is 11.6. The molecule has 0 aromatic carbocycles. The van der Waals surface area contributed by atoms with Crippen LogP contribution in [0.5, 0.6) is 0 Å². The van der Waals surface area contributed by atoms with Gasteiger partial charge in [0.25, 0.3) is 0 Å². The lowest BCUT2D eigenvalue weighted by molar-refractivity contribution is 0.00297. The minimum Gasteiger partial charge on any atom is -0.389 e. The number of thiophene rings is 1. The molecule has 3 nitrogen and oxygen atoms in total. The average Bonchev–Trinajstić information content (AvgIpc) is 2.88. The Kier molecular flexibility index (Phi) is 5.06. The van der Waals surface area contributed by atoms with Crippen molar-refractivity contribution in [2.45, 2.75) is 50.3 Å². The van der Waals surface area contributed by atoms with Gasteiger partial charge in [-0.15, -0.1) is 11.3 Å². The summed E-state index contributed by atoms with van der Waals surface area (Å²) in [6, 6.07) is 2.34. The summed E-state index contributed by atoms with van der Waals surface area (Å²) in [4.78, 5) is 3.47. The molecule has 1 fully saturated rings. The second kappa shape index (κ2) is 6.22. The normalized spacial score (nSPS) is 21.8. The fourth-order valence-corrected chi connectivity index (χ4v) is 4.84. The molecule has 1 heterocycles. The molecule has 5 heteroatoms. The summed E-state index contributed by atoms with van der Waals surface area (Å²) in [5.74, 6) is 0. The van der Waals surface area contributed by atoms with Crippen LogP contribution in [0.25, 0.3) is 0 Å². The van der Waals surface area contributed by atoms with Crippen molar-refractivity contribution in [1.29, 1.82) is 0 Å². The molecule has 0 spiro atoms. The predicted molar refractivity (Wildman–Crippen MR) is 84.5 cm³/mol. The number of nitrogens with zero attached hydrogens (tertiary/aromatic N) is 1. The molecule has 108 valence electrons. The predicted octanol–water partition coefficient (Wildman–Crippen LogP) is 3.14. The van der Waals surface area contributed by atoms with Crippen LogP contribution in [0.15, 0.2) is 15.9 Å². The lowest BCUT2D eigenvalue weighted by Crippen LogP contribution is -2.45. The second-order valence-corrected chi connectivity index (χ2v) is 7.68. The number of hydrogen-bond acceptors (Lipinski definition) is 4. The summed E-state index contributed by atoms with van der Waals surface area (Å²) < 4.78 is 1.10. The molecule has 1 aromatic heterocycles. The van der Waals surface area contributed by atoms with E-state index in [1.807, 2.05) is 6.92 Å². The van der Waals surface area contributed by atoms with Gasteiger partial charge >= 0.3 is 0 Å². The van der Waals surface area contributed by atoms with Crippen molar-refractivity contribution >= 4 is 27.3 Å². The summed E-state index contributed by atoms with van der Waals surface area (Å²) in [5.41, 5.74) is 5.65. The first kappa shape index (κ1) is 15.4. The van der Waals surface area contributed by atoms with Crippen molar-refractivity contribution in [3.8, 4) is 0 Å². The van der Waals surface area contributed by atoms with E-state index >= 15 is 0 Å². The van der Waals surface area contributed by atoms with E-state index in [-0.39, 0.29) is 12.1 Å². The largest absolute Gasteiger partial charge is 0.389 e. The van der Waals surface area contributed by atoms with Gasteiger partial charge in [-0.3, -0.25) is 4.90 Å². The molecule has 2 rings (SSSR count). The van der Waals surface area contributed by atoms with Gasteiger partial charge in [0.15, 0.2) is 0 Å². The molecule has 0 saturated heterocycles. The van der Waals surface area contributed by atoms with Crippen LogP contribution in [0, 0.1) is 0 Å². The van der Waals surface area contributed by atoms with Crippen molar-refractivity contribution in [2.24, 2.45) is 5.73 Å². The van der Waals surface area contributed by atoms with E-state index < -0.39 is 5.60 Å². The van der Waals surface area contributed by atoms with Gasteiger partial charge in [0.2, 0.25) is 0 Å². The quantitative estimate of drug-likeness (QED) is 0.860. The topological polar surface area (TPSA) is 49.5 Å². The van der Waals surface area contributed by atoms with Crippen LogP contribution in [0.4, 0.5) is 0 Å². The molecule has 2 atom stereocenters. The molecule has 19 heavy (non-hydrogen) atoms. The first-order valence-electron chi connectivity index (χ1n) is 6.83. The van der Waals surface area contributed by atoms with Crippen molar-refractivity contribution in [3.63, 3.8) is 0 Å². The third-order valence-corrected chi connectivity index (χ3v) is 5.69. The average molecular weight is 347 g/mol.